The second-order valence-corrected chi connectivity index (χ2v) is 6.34. The third kappa shape index (κ3) is 2.55. The summed E-state index contributed by atoms with van der Waals surface area (Å²) < 4.78 is 0. The molecule has 3 heteroatoms. The lowest BCUT2D eigenvalue weighted by atomic mass is 9.84. The van der Waals surface area contributed by atoms with Crippen molar-refractivity contribution in [1.82, 2.24) is 10.2 Å². The predicted molar refractivity (Wildman–Crippen MR) is 74.2 cm³/mol. The minimum Gasteiger partial charge on any atom is -0.302 e. The average Bonchev–Trinajstić information content (AvgIpc) is 2.84. The highest BCUT2D eigenvalue weighted by molar-refractivity contribution is 5.13. The largest absolute Gasteiger partial charge is 0.302 e. The third-order valence-electron chi connectivity index (χ3n) is 5.35. The molecule has 0 heterocycles. The molecule has 102 valence electrons. The van der Waals surface area contributed by atoms with Crippen molar-refractivity contribution in [2.45, 2.75) is 69.5 Å². The second kappa shape index (κ2) is 5.59. The van der Waals surface area contributed by atoms with Crippen molar-refractivity contribution in [2.75, 3.05) is 14.1 Å². The Bertz CT molecular complexity index is 322. The Morgan fingerprint density at radius 3 is 2.56 bits per heavy atom. The van der Waals surface area contributed by atoms with E-state index in [4.69, 9.17) is 0 Å². The third-order valence-corrected chi connectivity index (χ3v) is 5.35. The molecule has 0 spiro atoms. The summed E-state index contributed by atoms with van der Waals surface area (Å²) in [4.78, 5) is 2.58. The molecular weight excluding hydrogens is 222 g/mol. The minimum absolute atomic E-state index is 0.267. The molecule has 2 aliphatic rings. The maximum Gasteiger partial charge on any atom is 0.108 e. The lowest BCUT2D eigenvalue weighted by Gasteiger charge is -2.40. The van der Waals surface area contributed by atoms with Crippen molar-refractivity contribution in [3.8, 4) is 6.07 Å². The Kier molecular flexibility index (Phi) is 4.29. The van der Waals surface area contributed by atoms with Crippen LogP contribution in [-0.4, -0.2) is 36.6 Å². The van der Waals surface area contributed by atoms with Crippen molar-refractivity contribution >= 4 is 0 Å². The van der Waals surface area contributed by atoms with Crippen molar-refractivity contribution in [3.63, 3.8) is 0 Å². The molecule has 18 heavy (non-hydrogen) atoms. The Hall–Kier alpha value is -0.590. The topological polar surface area (TPSA) is 39.1 Å². The summed E-state index contributed by atoms with van der Waals surface area (Å²) in [5.41, 5.74) is -0.267. The fraction of sp³-hybridized carbons (Fsp3) is 0.933. The van der Waals surface area contributed by atoms with Crippen LogP contribution in [0.15, 0.2) is 0 Å². The SMILES string of the molecule is CNC1(C#N)CCC(N(C)C2CCCCC2C)C1. The van der Waals surface area contributed by atoms with Crippen LogP contribution in [0.5, 0.6) is 0 Å². The average molecular weight is 249 g/mol. The molecule has 0 radical (unpaired) electrons. The van der Waals surface area contributed by atoms with Gasteiger partial charge in [0.15, 0.2) is 0 Å². The van der Waals surface area contributed by atoms with E-state index in [1.54, 1.807) is 0 Å². The van der Waals surface area contributed by atoms with E-state index in [1.165, 1.54) is 25.7 Å². The van der Waals surface area contributed by atoms with Gasteiger partial charge in [0.1, 0.15) is 5.54 Å². The molecule has 0 amide bonds. The lowest BCUT2D eigenvalue weighted by molar-refractivity contribution is 0.0962. The van der Waals surface area contributed by atoms with Gasteiger partial charge in [0.25, 0.3) is 0 Å². The number of nitrogens with zero attached hydrogens (tertiary/aromatic N) is 2. The first-order valence-corrected chi connectivity index (χ1v) is 7.44. The molecule has 0 aliphatic heterocycles. The van der Waals surface area contributed by atoms with E-state index in [0.717, 1.165) is 31.2 Å². The van der Waals surface area contributed by atoms with E-state index >= 15 is 0 Å². The maximum absolute atomic E-state index is 9.35. The van der Waals surface area contributed by atoms with Crippen LogP contribution in [0.1, 0.15) is 51.9 Å². The van der Waals surface area contributed by atoms with Gasteiger partial charge in [0.2, 0.25) is 0 Å². The summed E-state index contributed by atoms with van der Waals surface area (Å²) in [6, 6.07) is 3.81. The zero-order valence-corrected chi connectivity index (χ0v) is 12.1. The molecule has 0 bridgehead atoms. The van der Waals surface area contributed by atoms with E-state index in [1.807, 2.05) is 7.05 Å². The highest BCUT2D eigenvalue weighted by Crippen LogP contribution is 2.36. The summed E-state index contributed by atoms with van der Waals surface area (Å²) in [7, 11) is 4.20. The molecule has 4 unspecified atom stereocenters. The van der Waals surface area contributed by atoms with Crippen LogP contribution in [-0.2, 0) is 0 Å². The molecule has 0 aromatic carbocycles. The second-order valence-electron chi connectivity index (χ2n) is 6.34. The van der Waals surface area contributed by atoms with Crippen molar-refractivity contribution < 1.29 is 0 Å². The predicted octanol–water partition coefficient (Wildman–Crippen LogP) is 2.53. The van der Waals surface area contributed by atoms with E-state index < -0.39 is 0 Å². The van der Waals surface area contributed by atoms with E-state index in [9.17, 15) is 5.26 Å². The molecule has 1 N–H and O–H groups in total. The van der Waals surface area contributed by atoms with Gasteiger partial charge in [-0.2, -0.15) is 5.26 Å². The Morgan fingerprint density at radius 1 is 1.28 bits per heavy atom. The lowest BCUT2D eigenvalue weighted by Crippen LogP contribution is -2.46. The highest BCUT2D eigenvalue weighted by atomic mass is 15.2. The van der Waals surface area contributed by atoms with Gasteiger partial charge in [-0.25, -0.2) is 0 Å². The number of nitrogens with one attached hydrogen (secondary N) is 1. The molecular formula is C15H27N3. The zero-order valence-electron chi connectivity index (χ0n) is 12.1. The number of nitriles is 1. The molecule has 3 nitrogen and oxygen atoms in total. The van der Waals surface area contributed by atoms with Gasteiger partial charge in [-0.1, -0.05) is 19.8 Å². The fourth-order valence-corrected chi connectivity index (χ4v) is 3.92. The van der Waals surface area contributed by atoms with E-state index in [0.29, 0.717) is 6.04 Å². The van der Waals surface area contributed by atoms with Crippen LogP contribution in [0, 0.1) is 17.2 Å². The normalized spacial score (nSPS) is 40.9. The Morgan fingerprint density at radius 2 is 2.00 bits per heavy atom. The molecule has 4 atom stereocenters. The summed E-state index contributed by atoms with van der Waals surface area (Å²) >= 11 is 0. The smallest absolute Gasteiger partial charge is 0.108 e. The molecule has 2 saturated carbocycles. The van der Waals surface area contributed by atoms with Gasteiger partial charge in [0.05, 0.1) is 6.07 Å². The number of rotatable bonds is 3. The van der Waals surface area contributed by atoms with Gasteiger partial charge in [0, 0.05) is 12.1 Å². The standard InChI is InChI=1S/C15H27N3/c1-12-6-4-5-7-14(12)18(3)13-8-9-15(10-13,11-16)17-2/h12-14,17H,4-10H2,1-3H3. The molecule has 2 rings (SSSR count). The zero-order chi connectivity index (χ0) is 13.2. The number of hydrogen-bond donors (Lipinski definition) is 1. The van der Waals surface area contributed by atoms with Crippen molar-refractivity contribution in [2.24, 2.45) is 5.92 Å². The summed E-state index contributed by atoms with van der Waals surface area (Å²) in [5, 5.41) is 12.6. The Labute approximate surface area is 112 Å². The minimum atomic E-state index is -0.267. The van der Waals surface area contributed by atoms with Crippen LogP contribution >= 0.6 is 0 Å². The summed E-state index contributed by atoms with van der Waals surface area (Å²) in [6.07, 6.45) is 8.63. The highest BCUT2D eigenvalue weighted by Gasteiger charge is 2.41. The van der Waals surface area contributed by atoms with Crippen LogP contribution in [0.2, 0.25) is 0 Å². The summed E-state index contributed by atoms with van der Waals surface area (Å²) in [5.74, 6) is 0.815. The molecule has 0 aromatic rings. The maximum atomic E-state index is 9.35. The molecule has 2 aliphatic carbocycles. The van der Waals surface area contributed by atoms with Gasteiger partial charge < -0.3 is 10.2 Å². The van der Waals surface area contributed by atoms with E-state index in [2.05, 4.69) is 30.3 Å². The summed E-state index contributed by atoms with van der Waals surface area (Å²) in [6.45, 7) is 2.39. The fourth-order valence-electron chi connectivity index (χ4n) is 3.92. The first-order valence-electron chi connectivity index (χ1n) is 7.44. The van der Waals surface area contributed by atoms with Gasteiger partial charge in [-0.3, -0.25) is 0 Å². The molecule has 0 aromatic heterocycles. The van der Waals surface area contributed by atoms with Crippen LogP contribution < -0.4 is 5.32 Å². The number of hydrogen-bond acceptors (Lipinski definition) is 3. The first-order chi connectivity index (χ1) is 8.62. The quantitative estimate of drug-likeness (QED) is 0.835. The molecule has 0 saturated heterocycles. The van der Waals surface area contributed by atoms with Crippen LogP contribution in [0.4, 0.5) is 0 Å². The Balaban J connectivity index is 1.98. The first kappa shape index (κ1) is 13.8. The monoisotopic (exact) mass is 249 g/mol. The van der Waals surface area contributed by atoms with Gasteiger partial charge in [-0.15, -0.1) is 0 Å². The van der Waals surface area contributed by atoms with Crippen LogP contribution in [0.3, 0.4) is 0 Å². The van der Waals surface area contributed by atoms with Gasteiger partial charge >= 0.3 is 0 Å². The van der Waals surface area contributed by atoms with Gasteiger partial charge in [-0.05, 0) is 52.1 Å². The van der Waals surface area contributed by atoms with E-state index in [-0.39, 0.29) is 5.54 Å². The molecule has 2 fully saturated rings. The van der Waals surface area contributed by atoms with Crippen LogP contribution in [0.25, 0.3) is 0 Å². The van der Waals surface area contributed by atoms with Crippen molar-refractivity contribution in [3.05, 3.63) is 0 Å². The van der Waals surface area contributed by atoms with Crippen molar-refractivity contribution in [1.29, 1.82) is 5.26 Å².